The van der Waals surface area contributed by atoms with E-state index in [9.17, 15) is 14.4 Å². The molecule has 0 spiro atoms. The molecular formula is C22H23N3O4. The van der Waals surface area contributed by atoms with Crippen molar-refractivity contribution >= 4 is 28.5 Å². The van der Waals surface area contributed by atoms with E-state index in [0.717, 1.165) is 5.56 Å². The number of amides is 1. The molecule has 29 heavy (non-hydrogen) atoms. The van der Waals surface area contributed by atoms with Crippen molar-refractivity contribution in [3.63, 3.8) is 0 Å². The van der Waals surface area contributed by atoms with E-state index in [4.69, 9.17) is 4.74 Å². The lowest BCUT2D eigenvalue weighted by molar-refractivity contribution is -0.153. The van der Waals surface area contributed by atoms with Crippen LogP contribution in [0.15, 0.2) is 59.7 Å². The fourth-order valence-electron chi connectivity index (χ4n) is 2.84. The Morgan fingerprint density at radius 3 is 2.45 bits per heavy atom. The van der Waals surface area contributed by atoms with E-state index in [2.05, 4.69) is 24.1 Å². The number of fused-ring (bicyclic) bond motifs is 1. The third-order valence-electron chi connectivity index (χ3n) is 4.55. The Bertz CT molecular complexity index is 1090. The number of nitrogens with zero attached hydrogens (tertiary/aromatic N) is 2. The Morgan fingerprint density at radius 2 is 1.76 bits per heavy atom. The monoisotopic (exact) mass is 393 g/mol. The first-order valence-electron chi connectivity index (χ1n) is 9.39. The van der Waals surface area contributed by atoms with Crippen LogP contribution in [0.1, 0.15) is 32.3 Å². The predicted octanol–water partition coefficient (Wildman–Crippen LogP) is 3.09. The highest BCUT2D eigenvalue weighted by Gasteiger charge is 2.19. The quantitative estimate of drug-likeness (QED) is 0.650. The number of carbonyl (C=O) groups excluding carboxylic acids is 2. The molecule has 0 radical (unpaired) electrons. The zero-order valence-corrected chi connectivity index (χ0v) is 16.6. The Labute approximate surface area is 168 Å². The highest BCUT2D eigenvalue weighted by molar-refractivity contribution is 5.95. The molecule has 1 amide bonds. The number of benzene rings is 2. The van der Waals surface area contributed by atoms with E-state index >= 15 is 0 Å². The minimum atomic E-state index is -1.00. The predicted molar refractivity (Wildman–Crippen MR) is 111 cm³/mol. The van der Waals surface area contributed by atoms with Crippen molar-refractivity contribution in [3.8, 4) is 0 Å². The van der Waals surface area contributed by atoms with E-state index < -0.39 is 18.0 Å². The third kappa shape index (κ3) is 4.87. The van der Waals surface area contributed by atoms with Gasteiger partial charge in [0.25, 0.3) is 11.5 Å². The smallest absolute Gasteiger partial charge is 0.326 e. The Balaban J connectivity index is 1.60. The summed E-state index contributed by atoms with van der Waals surface area (Å²) in [5.41, 5.74) is 2.00. The molecule has 0 unspecified atom stereocenters. The molecule has 1 atom stereocenters. The zero-order chi connectivity index (χ0) is 21.0. The molecule has 0 aliphatic rings. The number of rotatable bonds is 6. The molecule has 1 N–H and O–H groups in total. The fourth-order valence-corrected chi connectivity index (χ4v) is 2.84. The average Bonchev–Trinajstić information content (AvgIpc) is 2.70. The van der Waals surface area contributed by atoms with Crippen LogP contribution in [0.2, 0.25) is 0 Å². The molecule has 7 nitrogen and oxygen atoms in total. The van der Waals surface area contributed by atoms with Gasteiger partial charge in [-0.25, -0.2) is 4.98 Å². The van der Waals surface area contributed by atoms with Gasteiger partial charge in [0.2, 0.25) is 0 Å². The molecule has 0 fully saturated rings. The zero-order valence-electron chi connectivity index (χ0n) is 16.6. The van der Waals surface area contributed by atoms with E-state index in [1.165, 1.54) is 17.8 Å². The molecule has 150 valence electrons. The second-order valence-electron chi connectivity index (χ2n) is 7.09. The topological polar surface area (TPSA) is 90.3 Å². The first-order chi connectivity index (χ1) is 13.8. The molecule has 2 aromatic carbocycles. The lowest BCUT2D eigenvalue weighted by atomic mass is 10.0. The average molecular weight is 393 g/mol. The summed E-state index contributed by atoms with van der Waals surface area (Å²) in [5.74, 6) is -0.741. The number of hydrogen-bond donors (Lipinski definition) is 1. The van der Waals surface area contributed by atoms with Gasteiger partial charge in [-0.15, -0.1) is 0 Å². The third-order valence-corrected chi connectivity index (χ3v) is 4.55. The molecule has 0 aliphatic heterocycles. The number of aromatic nitrogens is 2. The summed E-state index contributed by atoms with van der Waals surface area (Å²) in [6, 6.07) is 14.4. The summed E-state index contributed by atoms with van der Waals surface area (Å²) < 4.78 is 6.35. The summed E-state index contributed by atoms with van der Waals surface area (Å²) in [7, 11) is 0. The van der Waals surface area contributed by atoms with Crippen molar-refractivity contribution in [2.75, 3.05) is 5.32 Å². The maximum absolute atomic E-state index is 12.4. The van der Waals surface area contributed by atoms with Gasteiger partial charge in [-0.05, 0) is 42.7 Å². The van der Waals surface area contributed by atoms with Crippen LogP contribution in [0.3, 0.4) is 0 Å². The van der Waals surface area contributed by atoms with Crippen molar-refractivity contribution in [2.24, 2.45) is 0 Å². The van der Waals surface area contributed by atoms with Crippen LogP contribution in [0, 0.1) is 0 Å². The van der Waals surface area contributed by atoms with E-state index in [1.54, 1.807) is 24.3 Å². The second kappa shape index (κ2) is 8.68. The van der Waals surface area contributed by atoms with Crippen LogP contribution in [0.4, 0.5) is 5.69 Å². The molecule has 1 heterocycles. The van der Waals surface area contributed by atoms with Crippen LogP contribution in [-0.2, 0) is 20.9 Å². The highest BCUT2D eigenvalue weighted by atomic mass is 16.5. The first-order valence-corrected chi connectivity index (χ1v) is 9.39. The molecule has 0 bridgehead atoms. The lowest BCUT2D eigenvalue weighted by Crippen LogP contribution is -2.33. The maximum atomic E-state index is 12.4. The van der Waals surface area contributed by atoms with Gasteiger partial charge in [0, 0.05) is 5.69 Å². The minimum Gasteiger partial charge on any atom is -0.451 e. The number of nitrogens with one attached hydrogen (secondary N) is 1. The van der Waals surface area contributed by atoms with Gasteiger partial charge in [0.1, 0.15) is 6.54 Å². The molecule has 7 heteroatoms. The number of esters is 1. The Kier molecular flexibility index (Phi) is 6.07. The number of carbonyl (C=O) groups is 2. The summed E-state index contributed by atoms with van der Waals surface area (Å²) in [4.78, 5) is 41.1. The van der Waals surface area contributed by atoms with Gasteiger partial charge in [0.15, 0.2) is 6.10 Å². The summed E-state index contributed by atoms with van der Waals surface area (Å²) in [6.45, 7) is 5.34. The van der Waals surface area contributed by atoms with Crippen molar-refractivity contribution in [1.29, 1.82) is 0 Å². The molecule has 0 saturated carbocycles. The molecule has 3 rings (SSSR count). The summed E-state index contributed by atoms with van der Waals surface area (Å²) >= 11 is 0. The van der Waals surface area contributed by atoms with Crippen LogP contribution >= 0.6 is 0 Å². The van der Waals surface area contributed by atoms with E-state index in [0.29, 0.717) is 22.5 Å². The number of hydrogen-bond acceptors (Lipinski definition) is 5. The van der Waals surface area contributed by atoms with Crippen molar-refractivity contribution in [3.05, 3.63) is 70.8 Å². The van der Waals surface area contributed by atoms with Gasteiger partial charge in [-0.3, -0.25) is 19.0 Å². The van der Waals surface area contributed by atoms with Crippen LogP contribution in [0.5, 0.6) is 0 Å². The number of ether oxygens (including phenoxy) is 1. The molecule has 3 aromatic rings. The van der Waals surface area contributed by atoms with E-state index in [-0.39, 0.29) is 12.1 Å². The first kappa shape index (κ1) is 20.3. The van der Waals surface area contributed by atoms with Gasteiger partial charge in [-0.1, -0.05) is 38.1 Å². The van der Waals surface area contributed by atoms with Gasteiger partial charge in [0.05, 0.1) is 17.2 Å². The van der Waals surface area contributed by atoms with Gasteiger partial charge < -0.3 is 10.1 Å². The molecule has 0 saturated heterocycles. The largest absolute Gasteiger partial charge is 0.451 e. The SMILES string of the molecule is CC(C)c1ccc(NC(=O)[C@H](C)OC(=O)Cn2cnc3ccccc3c2=O)cc1. The van der Waals surface area contributed by atoms with Crippen molar-refractivity contribution in [2.45, 2.75) is 39.3 Å². The van der Waals surface area contributed by atoms with Gasteiger partial charge >= 0.3 is 5.97 Å². The molecule has 1 aromatic heterocycles. The minimum absolute atomic E-state index is 0.322. The normalized spacial score (nSPS) is 12.0. The van der Waals surface area contributed by atoms with Crippen molar-refractivity contribution < 1.29 is 14.3 Å². The lowest BCUT2D eigenvalue weighted by Gasteiger charge is -2.14. The summed E-state index contributed by atoms with van der Waals surface area (Å²) in [6.07, 6.45) is 0.295. The van der Waals surface area contributed by atoms with Crippen molar-refractivity contribution in [1.82, 2.24) is 9.55 Å². The Hall–Kier alpha value is -3.48. The van der Waals surface area contributed by atoms with E-state index in [1.807, 2.05) is 24.3 Å². The fraction of sp³-hybridized carbons (Fsp3) is 0.273. The second-order valence-corrected chi connectivity index (χ2v) is 7.09. The van der Waals surface area contributed by atoms with Crippen LogP contribution in [-0.4, -0.2) is 27.5 Å². The van der Waals surface area contributed by atoms with Gasteiger partial charge in [-0.2, -0.15) is 0 Å². The standard InChI is InChI=1S/C22H23N3O4/c1-14(2)16-8-10-17(11-9-16)24-21(27)15(3)29-20(26)12-25-13-23-19-7-5-4-6-18(19)22(25)28/h4-11,13-15H,12H2,1-3H3,(H,24,27)/t15-/m0/s1. The number of para-hydroxylation sites is 1. The molecular weight excluding hydrogens is 370 g/mol. The van der Waals surface area contributed by atoms with Crippen LogP contribution < -0.4 is 10.9 Å². The maximum Gasteiger partial charge on any atom is 0.326 e. The molecule has 0 aliphatic carbocycles. The number of anilines is 1. The highest BCUT2D eigenvalue weighted by Crippen LogP contribution is 2.17. The summed E-state index contributed by atoms with van der Waals surface area (Å²) in [5, 5.41) is 3.13. The Morgan fingerprint density at radius 1 is 1.07 bits per heavy atom. The van der Waals surface area contributed by atoms with Crippen LogP contribution in [0.25, 0.3) is 10.9 Å².